The van der Waals surface area contributed by atoms with Gasteiger partial charge in [-0.1, -0.05) is 25.1 Å². The third-order valence-corrected chi connectivity index (χ3v) is 5.17. The average molecular weight is 285 g/mol. The highest BCUT2D eigenvalue weighted by Crippen LogP contribution is 2.22. The highest BCUT2D eigenvalue weighted by atomic mass is 32.2. The van der Waals surface area contributed by atoms with E-state index in [-0.39, 0.29) is 10.9 Å². The molecule has 0 aliphatic carbocycles. The maximum absolute atomic E-state index is 12.6. The first-order valence-electron chi connectivity index (χ1n) is 6.10. The summed E-state index contributed by atoms with van der Waals surface area (Å²) in [5.74, 6) is -1.16. The molecule has 0 fully saturated rings. The zero-order valence-electron chi connectivity index (χ0n) is 11.3. The van der Waals surface area contributed by atoms with Crippen molar-refractivity contribution in [1.82, 2.24) is 4.31 Å². The van der Waals surface area contributed by atoms with Gasteiger partial charge in [0.2, 0.25) is 10.0 Å². The number of hydrogen-bond donors (Lipinski definition) is 1. The van der Waals surface area contributed by atoms with Crippen molar-refractivity contribution in [3.63, 3.8) is 0 Å². The molecule has 0 radical (unpaired) electrons. The van der Waals surface area contributed by atoms with Crippen molar-refractivity contribution < 1.29 is 18.3 Å². The van der Waals surface area contributed by atoms with Crippen LogP contribution in [0, 0.1) is 6.92 Å². The molecule has 6 heteroatoms. The predicted octanol–water partition coefficient (Wildman–Crippen LogP) is 1.87. The molecule has 0 heterocycles. The van der Waals surface area contributed by atoms with Crippen molar-refractivity contribution in [1.29, 1.82) is 0 Å². The van der Waals surface area contributed by atoms with Gasteiger partial charge in [-0.2, -0.15) is 4.31 Å². The van der Waals surface area contributed by atoms with E-state index in [1.165, 1.54) is 6.07 Å². The van der Waals surface area contributed by atoms with E-state index >= 15 is 0 Å². The van der Waals surface area contributed by atoms with Crippen LogP contribution in [0.3, 0.4) is 0 Å². The number of hydrogen-bond acceptors (Lipinski definition) is 3. The van der Waals surface area contributed by atoms with Gasteiger partial charge in [-0.3, -0.25) is 4.79 Å². The number of carboxylic acids is 1. The second-order valence-corrected chi connectivity index (χ2v) is 6.33. The lowest BCUT2D eigenvalue weighted by Crippen LogP contribution is -2.41. The van der Waals surface area contributed by atoms with Crippen LogP contribution in [0.4, 0.5) is 0 Å². The standard InChI is InChI=1S/C13H19NO4S/c1-4-11(3)14(9-13(15)16)19(17,18)12-8-6-5-7-10(12)2/h5-8,11H,4,9H2,1-3H3,(H,15,16). The van der Waals surface area contributed by atoms with Crippen molar-refractivity contribution >= 4 is 16.0 Å². The quantitative estimate of drug-likeness (QED) is 0.865. The fraction of sp³-hybridized carbons (Fsp3) is 0.462. The lowest BCUT2D eigenvalue weighted by molar-refractivity contribution is -0.137. The van der Waals surface area contributed by atoms with E-state index < -0.39 is 22.5 Å². The van der Waals surface area contributed by atoms with Gasteiger partial charge in [0.1, 0.15) is 6.54 Å². The molecule has 1 aromatic carbocycles. The van der Waals surface area contributed by atoms with E-state index in [0.29, 0.717) is 12.0 Å². The summed E-state index contributed by atoms with van der Waals surface area (Å²) >= 11 is 0. The second-order valence-electron chi connectivity index (χ2n) is 4.47. The Hall–Kier alpha value is -1.40. The lowest BCUT2D eigenvalue weighted by atomic mass is 10.2. The summed E-state index contributed by atoms with van der Waals surface area (Å²) in [6.45, 7) is 4.71. The third kappa shape index (κ3) is 3.54. The summed E-state index contributed by atoms with van der Waals surface area (Å²) < 4.78 is 26.1. The van der Waals surface area contributed by atoms with Crippen LogP contribution < -0.4 is 0 Å². The Morgan fingerprint density at radius 3 is 2.42 bits per heavy atom. The Balaban J connectivity index is 3.27. The average Bonchev–Trinajstić information content (AvgIpc) is 2.35. The molecular weight excluding hydrogens is 266 g/mol. The molecule has 0 saturated heterocycles. The van der Waals surface area contributed by atoms with Gasteiger partial charge in [-0.15, -0.1) is 0 Å². The van der Waals surface area contributed by atoms with Crippen LogP contribution in [0.2, 0.25) is 0 Å². The zero-order valence-corrected chi connectivity index (χ0v) is 12.1. The van der Waals surface area contributed by atoms with Gasteiger partial charge in [0, 0.05) is 6.04 Å². The number of rotatable bonds is 6. The summed E-state index contributed by atoms with van der Waals surface area (Å²) in [6.07, 6.45) is 0.554. The van der Waals surface area contributed by atoms with Crippen molar-refractivity contribution in [3.05, 3.63) is 29.8 Å². The molecule has 1 aromatic rings. The number of benzene rings is 1. The van der Waals surface area contributed by atoms with Gasteiger partial charge in [-0.25, -0.2) is 8.42 Å². The van der Waals surface area contributed by atoms with Crippen LogP contribution >= 0.6 is 0 Å². The maximum atomic E-state index is 12.6. The number of sulfonamides is 1. The smallest absolute Gasteiger partial charge is 0.318 e. The van der Waals surface area contributed by atoms with Gasteiger partial charge in [-0.05, 0) is 31.9 Å². The van der Waals surface area contributed by atoms with Crippen molar-refractivity contribution in [2.75, 3.05) is 6.54 Å². The summed E-state index contributed by atoms with van der Waals surface area (Å²) in [7, 11) is -3.79. The predicted molar refractivity (Wildman–Crippen MR) is 72.5 cm³/mol. The van der Waals surface area contributed by atoms with Gasteiger partial charge in [0.05, 0.1) is 4.90 Å². The molecule has 0 aliphatic heterocycles. The third-order valence-electron chi connectivity index (χ3n) is 3.05. The van der Waals surface area contributed by atoms with Crippen LogP contribution in [0.5, 0.6) is 0 Å². The van der Waals surface area contributed by atoms with E-state index in [1.807, 2.05) is 6.92 Å². The molecule has 0 amide bonds. The number of carbonyl (C=O) groups is 1. The van der Waals surface area contributed by atoms with Gasteiger partial charge >= 0.3 is 5.97 Å². The second kappa shape index (κ2) is 6.16. The number of nitrogens with zero attached hydrogens (tertiary/aromatic N) is 1. The Morgan fingerprint density at radius 1 is 1.37 bits per heavy atom. The molecular formula is C13H19NO4S. The first-order chi connectivity index (χ1) is 8.80. The molecule has 0 spiro atoms. The Labute approximate surface area is 113 Å². The number of aryl methyl sites for hydroxylation is 1. The summed E-state index contributed by atoms with van der Waals surface area (Å²) in [6, 6.07) is 6.22. The highest BCUT2D eigenvalue weighted by Gasteiger charge is 2.30. The minimum absolute atomic E-state index is 0.163. The van der Waals surface area contributed by atoms with E-state index in [1.54, 1.807) is 32.0 Å². The van der Waals surface area contributed by atoms with Crippen LogP contribution in [0.1, 0.15) is 25.8 Å². The topological polar surface area (TPSA) is 74.7 Å². The molecule has 1 N–H and O–H groups in total. The van der Waals surface area contributed by atoms with Crippen molar-refractivity contribution in [2.45, 2.75) is 38.1 Å². The van der Waals surface area contributed by atoms with Crippen molar-refractivity contribution in [3.8, 4) is 0 Å². The van der Waals surface area contributed by atoms with Gasteiger partial charge < -0.3 is 5.11 Å². The SMILES string of the molecule is CCC(C)N(CC(=O)O)S(=O)(=O)c1ccccc1C. The minimum Gasteiger partial charge on any atom is -0.480 e. The molecule has 0 bridgehead atoms. The molecule has 106 valence electrons. The van der Waals surface area contributed by atoms with Crippen LogP contribution in [-0.4, -0.2) is 36.4 Å². The maximum Gasteiger partial charge on any atom is 0.318 e. The van der Waals surface area contributed by atoms with Crippen LogP contribution in [-0.2, 0) is 14.8 Å². The van der Waals surface area contributed by atoms with Crippen LogP contribution in [0.25, 0.3) is 0 Å². The van der Waals surface area contributed by atoms with E-state index in [0.717, 1.165) is 4.31 Å². The van der Waals surface area contributed by atoms with Gasteiger partial charge in [0.15, 0.2) is 0 Å². The van der Waals surface area contributed by atoms with E-state index in [2.05, 4.69) is 0 Å². The molecule has 1 unspecified atom stereocenters. The summed E-state index contributed by atoms with van der Waals surface area (Å²) in [4.78, 5) is 11.1. The largest absolute Gasteiger partial charge is 0.480 e. The molecule has 19 heavy (non-hydrogen) atoms. The summed E-state index contributed by atoms with van der Waals surface area (Å²) in [5, 5.41) is 8.90. The Morgan fingerprint density at radius 2 is 1.95 bits per heavy atom. The normalized spacial score (nSPS) is 13.5. The highest BCUT2D eigenvalue weighted by molar-refractivity contribution is 7.89. The number of aliphatic carboxylic acids is 1. The first kappa shape index (κ1) is 15.7. The zero-order chi connectivity index (χ0) is 14.6. The van der Waals surface area contributed by atoms with E-state index in [4.69, 9.17) is 5.11 Å². The Bertz CT molecular complexity index is 554. The Kier molecular flexibility index (Phi) is 5.08. The van der Waals surface area contributed by atoms with Crippen molar-refractivity contribution in [2.24, 2.45) is 0 Å². The molecule has 0 aliphatic rings. The van der Waals surface area contributed by atoms with Gasteiger partial charge in [0.25, 0.3) is 0 Å². The monoisotopic (exact) mass is 285 g/mol. The number of carboxylic acid groups (broad SMARTS) is 1. The lowest BCUT2D eigenvalue weighted by Gasteiger charge is -2.26. The summed E-state index contributed by atoms with van der Waals surface area (Å²) in [5.41, 5.74) is 0.612. The minimum atomic E-state index is -3.79. The fourth-order valence-corrected chi connectivity index (χ4v) is 3.67. The molecule has 0 aromatic heterocycles. The van der Waals surface area contributed by atoms with E-state index in [9.17, 15) is 13.2 Å². The molecule has 1 rings (SSSR count). The first-order valence-corrected chi connectivity index (χ1v) is 7.54. The molecule has 0 saturated carbocycles. The molecule has 1 atom stereocenters. The molecule has 5 nitrogen and oxygen atoms in total. The fourth-order valence-electron chi connectivity index (χ4n) is 1.79. The van der Waals surface area contributed by atoms with Crippen LogP contribution in [0.15, 0.2) is 29.2 Å².